The molecule has 0 radical (unpaired) electrons. The Morgan fingerprint density at radius 2 is 1.87 bits per heavy atom. The third-order valence-electron chi connectivity index (χ3n) is 6.41. The van der Waals surface area contributed by atoms with Crippen molar-refractivity contribution in [2.45, 2.75) is 68.7 Å². The molecular formula is C22H38N4O3S2. The number of carbonyl (C=O) groups is 1. The molecule has 3 heterocycles. The molecule has 2 N–H and O–H groups in total. The number of hydrogen-bond donors (Lipinski definition) is 2. The fourth-order valence-electron chi connectivity index (χ4n) is 4.55. The normalized spacial score (nSPS) is 20.7. The maximum atomic E-state index is 12.6. The Morgan fingerprint density at radius 3 is 2.48 bits per heavy atom. The third kappa shape index (κ3) is 7.25. The summed E-state index contributed by atoms with van der Waals surface area (Å²) in [5, 5.41) is 4.65. The number of sulfonamides is 1. The first-order valence-corrected chi connectivity index (χ1v) is 14.0. The summed E-state index contributed by atoms with van der Waals surface area (Å²) in [5.74, 6) is -0.387. The van der Waals surface area contributed by atoms with Crippen LogP contribution >= 0.6 is 11.3 Å². The minimum absolute atomic E-state index is 0.136. The maximum absolute atomic E-state index is 12.6. The van der Waals surface area contributed by atoms with Crippen molar-refractivity contribution in [1.29, 1.82) is 0 Å². The van der Waals surface area contributed by atoms with Gasteiger partial charge >= 0.3 is 0 Å². The molecule has 31 heavy (non-hydrogen) atoms. The molecule has 9 heteroatoms. The zero-order valence-electron chi connectivity index (χ0n) is 18.9. The summed E-state index contributed by atoms with van der Waals surface area (Å²) < 4.78 is 27.8. The quantitative estimate of drug-likeness (QED) is 0.514. The zero-order valence-corrected chi connectivity index (χ0v) is 20.5. The lowest BCUT2D eigenvalue weighted by Crippen LogP contribution is -2.50. The van der Waals surface area contributed by atoms with Crippen LogP contribution in [0, 0.1) is 5.92 Å². The van der Waals surface area contributed by atoms with E-state index in [1.165, 1.54) is 45.2 Å². The predicted octanol–water partition coefficient (Wildman–Crippen LogP) is 2.51. The second-order valence-corrected chi connectivity index (χ2v) is 12.0. The van der Waals surface area contributed by atoms with Crippen molar-refractivity contribution in [2.24, 2.45) is 5.92 Å². The molecule has 2 aliphatic heterocycles. The minimum atomic E-state index is -3.67. The van der Waals surface area contributed by atoms with Crippen molar-refractivity contribution in [3.05, 3.63) is 17.5 Å². The highest BCUT2D eigenvalue weighted by Crippen LogP contribution is 2.21. The van der Waals surface area contributed by atoms with E-state index >= 15 is 0 Å². The molecule has 2 aliphatic rings. The smallest absolute Gasteiger partial charge is 0.250 e. The van der Waals surface area contributed by atoms with Gasteiger partial charge in [-0.3, -0.25) is 4.79 Å². The maximum Gasteiger partial charge on any atom is 0.250 e. The molecule has 1 atom stereocenters. The topological polar surface area (TPSA) is 81.7 Å². The lowest BCUT2D eigenvalue weighted by molar-refractivity contribution is -0.123. The van der Waals surface area contributed by atoms with Gasteiger partial charge in [-0.15, -0.1) is 11.3 Å². The lowest BCUT2D eigenvalue weighted by atomic mass is 10.00. The largest absolute Gasteiger partial charge is 0.355 e. The Kier molecular flexibility index (Phi) is 9.33. The Morgan fingerprint density at radius 1 is 1.16 bits per heavy atom. The summed E-state index contributed by atoms with van der Waals surface area (Å²) in [6.07, 6.45) is 7.44. The Labute approximate surface area is 191 Å². The first-order valence-electron chi connectivity index (χ1n) is 11.7. The lowest BCUT2D eigenvalue weighted by Gasteiger charge is -2.40. The number of thiophene rings is 1. The van der Waals surface area contributed by atoms with E-state index in [0.29, 0.717) is 6.54 Å². The van der Waals surface area contributed by atoms with Crippen molar-refractivity contribution in [3.63, 3.8) is 0 Å². The molecule has 1 aromatic rings. The first kappa shape index (κ1) is 24.6. The number of piperidine rings is 2. The molecule has 0 aromatic carbocycles. The second-order valence-electron chi connectivity index (χ2n) is 9.09. The molecule has 2 fully saturated rings. The molecule has 1 amide bonds. The van der Waals surface area contributed by atoms with E-state index in [4.69, 9.17) is 0 Å². The number of rotatable bonds is 10. The van der Waals surface area contributed by atoms with E-state index in [9.17, 15) is 13.2 Å². The molecule has 2 saturated heterocycles. The fourth-order valence-corrected chi connectivity index (χ4v) is 6.90. The van der Waals surface area contributed by atoms with Crippen LogP contribution in [0.1, 0.15) is 52.4 Å². The average molecular weight is 471 g/mol. The van der Waals surface area contributed by atoms with Crippen molar-refractivity contribution >= 4 is 27.3 Å². The second kappa shape index (κ2) is 11.7. The molecular weight excluding hydrogens is 432 g/mol. The van der Waals surface area contributed by atoms with Gasteiger partial charge in [0.15, 0.2) is 0 Å². The van der Waals surface area contributed by atoms with Gasteiger partial charge in [-0.2, -0.15) is 4.72 Å². The average Bonchev–Trinajstić information content (AvgIpc) is 3.32. The molecule has 0 bridgehead atoms. The van der Waals surface area contributed by atoms with Gasteiger partial charge in [0.05, 0.1) is 0 Å². The van der Waals surface area contributed by atoms with Gasteiger partial charge in [0, 0.05) is 12.6 Å². The highest BCUT2D eigenvalue weighted by Gasteiger charge is 2.29. The molecule has 7 nitrogen and oxygen atoms in total. The van der Waals surface area contributed by atoms with Gasteiger partial charge in [0.1, 0.15) is 10.3 Å². The van der Waals surface area contributed by atoms with Crippen molar-refractivity contribution < 1.29 is 13.2 Å². The van der Waals surface area contributed by atoms with E-state index in [0.717, 1.165) is 43.4 Å². The molecule has 0 saturated carbocycles. The summed E-state index contributed by atoms with van der Waals surface area (Å²) in [5.41, 5.74) is 0. The monoisotopic (exact) mass is 470 g/mol. The number of nitrogens with zero attached hydrogens (tertiary/aromatic N) is 2. The van der Waals surface area contributed by atoms with E-state index in [1.807, 2.05) is 13.8 Å². The molecule has 0 aliphatic carbocycles. The number of nitrogens with one attached hydrogen (secondary N) is 2. The standard InChI is InChI=1S/C22H38N4O3S2/c1-18(2)21(24-31(28,29)20-8-6-17-30-20)22(27)23-11-7-12-25-15-9-19(10-16-25)26-13-4-3-5-14-26/h6,8,17-19,21,24H,3-5,7,9-16H2,1-2H3,(H,23,27). The fraction of sp³-hybridized carbons (Fsp3) is 0.773. The summed E-state index contributed by atoms with van der Waals surface area (Å²) in [4.78, 5) is 17.8. The van der Waals surface area contributed by atoms with Crippen LogP contribution < -0.4 is 10.0 Å². The Balaban J connectivity index is 1.37. The first-order chi connectivity index (χ1) is 14.9. The highest BCUT2D eigenvalue weighted by molar-refractivity contribution is 7.91. The van der Waals surface area contributed by atoms with Gasteiger partial charge in [0.2, 0.25) is 5.91 Å². The van der Waals surface area contributed by atoms with Gasteiger partial charge in [0.25, 0.3) is 10.0 Å². The van der Waals surface area contributed by atoms with E-state index in [-0.39, 0.29) is 16.0 Å². The SMILES string of the molecule is CC(C)C(NS(=O)(=O)c1cccs1)C(=O)NCCCN1CCC(N2CCCCC2)CC1. The number of carbonyl (C=O) groups excluding carboxylic acids is 1. The van der Waals surface area contributed by atoms with E-state index in [2.05, 4.69) is 19.8 Å². The van der Waals surface area contributed by atoms with E-state index in [1.54, 1.807) is 17.5 Å². The number of amides is 1. The van der Waals surface area contributed by atoms with Crippen LogP contribution in [-0.4, -0.2) is 75.5 Å². The predicted molar refractivity (Wildman–Crippen MR) is 126 cm³/mol. The van der Waals surface area contributed by atoms with Crippen LogP contribution in [0.2, 0.25) is 0 Å². The molecule has 1 aromatic heterocycles. The highest BCUT2D eigenvalue weighted by atomic mass is 32.2. The van der Waals surface area contributed by atoms with Crippen LogP contribution in [0.3, 0.4) is 0 Å². The van der Waals surface area contributed by atoms with Gasteiger partial charge < -0.3 is 15.1 Å². The summed E-state index contributed by atoms with van der Waals surface area (Å²) in [7, 11) is -3.67. The van der Waals surface area contributed by atoms with Crippen LogP contribution in [0.5, 0.6) is 0 Å². The molecule has 3 rings (SSSR count). The third-order valence-corrected chi connectivity index (χ3v) is 9.24. The van der Waals surface area contributed by atoms with Gasteiger partial charge in [-0.1, -0.05) is 26.3 Å². The van der Waals surface area contributed by atoms with E-state index < -0.39 is 16.1 Å². The van der Waals surface area contributed by atoms with Crippen molar-refractivity contribution in [3.8, 4) is 0 Å². The summed E-state index contributed by atoms with van der Waals surface area (Å²) in [6.45, 7) is 10.0. The van der Waals surface area contributed by atoms with Gasteiger partial charge in [-0.25, -0.2) is 8.42 Å². The number of hydrogen-bond acceptors (Lipinski definition) is 6. The molecule has 0 spiro atoms. The van der Waals surface area contributed by atoms with Crippen LogP contribution in [0.4, 0.5) is 0 Å². The zero-order chi connectivity index (χ0) is 22.3. The van der Waals surface area contributed by atoms with Crippen molar-refractivity contribution in [2.75, 3.05) is 39.3 Å². The minimum Gasteiger partial charge on any atom is -0.355 e. The Hall–Kier alpha value is -1.00. The van der Waals surface area contributed by atoms with Crippen LogP contribution in [-0.2, 0) is 14.8 Å². The van der Waals surface area contributed by atoms with Crippen LogP contribution in [0.25, 0.3) is 0 Å². The van der Waals surface area contributed by atoms with Crippen molar-refractivity contribution in [1.82, 2.24) is 19.8 Å². The number of likely N-dealkylation sites (tertiary alicyclic amines) is 2. The Bertz CT molecular complexity index is 769. The molecule has 176 valence electrons. The van der Waals surface area contributed by atoms with Crippen LogP contribution in [0.15, 0.2) is 21.7 Å². The molecule has 1 unspecified atom stereocenters. The summed E-state index contributed by atoms with van der Waals surface area (Å²) >= 11 is 1.15. The van der Waals surface area contributed by atoms with Gasteiger partial charge in [-0.05, 0) is 82.2 Å². The summed E-state index contributed by atoms with van der Waals surface area (Å²) in [6, 6.07) is 3.22.